The summed E-state index contributed by atoms with van der Waals surface area (Å²) in [6, 6.07) is 2.06. The first kappa shape index (κ1) is 13.5. The molecule has 1 fully saturated rings. The third kappa shape index (κ3) is 2.60. The quantitative estimate of drug-likeness (QED) is 0.921. The van der Waals surface area contributed by atoms with Crippen LogP contribution in [0, 0.1) is 0 Å². The van der Waals surface area contributed by atoms with Crippen LogP contribution in [0.4, 0.5) is 0 Å². The molecule has 1 aromatic rings. The van der Waals surface area contributed by atoms with Gasteiger partial charge in [-0.25, -0.2) is 0 Å². The zero-order chi connectivity index (χ0) is 12.5. The van der Waals surface area contributed by atoms with E-state index >= 15 is 0 Å². The van der Waals surface area contributed by atoms with Crippen molar-refractivity contribution in [2.24, 2.45) is 0 Å². The van der Waals surface area contributed by atoms with E-state index in [1.807, 2.05) is 0 Å². The Hall–Kier alpha value is 0.100. The number of nitrogens with zero attached hydrogens (tertiary/aromatic N) is 1. The lowest BCUT2D eigenvalue weighted by molar-refractivity contribution is -0.00213. The van der Waals surface area contributed by atoms with Crippen LogP contribution in [0.25, 0.3) is 0 Å². The molecule has 0 saturated heterocycles. The molecule has 2 rings (SSSR count). The maximum absolute atomic E-state index is 10.6. The fourth-order valence-electron chi connectivity index (χ4n) is 2.90. The molecular formula is C13H20BrNOS. The Bertz CT molecular complexity index is 371. The Morgan fingerprint density at radius 3 is 2.59 bits per heavy atom. The Labute approximate surface area is 116 Å². The molecule has 2 nitrogen and oxygen atoms in total. The van der Waals surface area contributed by atoms with Crippen molar-refractivity contribution in [3.8, 4) is 0 Å². The number of rotatable bonds is 4. The maximum atomic E-state index is 10.6. The van der Waals surface area contributed by atoms with E-state index in [4.69, 9.17) is 0 Å². The monoisotopic (exact) mass is 317 g/mol. The number of halogens is 1. The van der Waals surface area contributed by atoms with Gasteiger partial charge in [0.25, 0.3) is 0 Å². The highest BCUT2D eigenvalue weighted by Crippen LogP contribution is 2.39. The van der Waals surface area contributed by atoms with Crippen LogP contribution in [0.3, 0.4) is 0 Å². The summed E-state index contributed by atoms with van der Waals surface area (Å²) >= 11 is 5.27. The van der Waals surface area contributed by atoms with Crippen LogP contribution in [0.1, 0.15) is 30.6 Å². The number of aliphatic hydroxyl groups is 1. The van der Waals surface area contributed by atoms with Crippen LogP contribution < -0.4 is 0 Å². The van der Waals surface area contributed by atoms with Gasteiger partial charge in [-0.2, -0.15) is 0 Å². The van der Waals surface area contributed by atoms with E-state index in [1.54, 1.807) is 11.3 Å². The van der Waals surface area contributed by atoms with Gasteiger partial charge in [-0.3, -0.25) is 0 Å². The van der Waals surface area contributed by atoms with E-state index < -0.39 is 0 Å². The summed E-state index contributed by atoms with van der Waals surface area (Å²) in [6.07, 6.45) is 5.20. The van der Waals surface area contributed by atoms with Crippen molar-refractivity contribution in [3.63, 3.8) is 0 Å². The molecule has 1 atom stereocenters. The highest BCUT2D eigenvalue weighted by atomic mass is 79.9. The number of aliphatic hydroxyl groups excluding tert-OH is 1. The molecule has 1 aliphatic rings. The summed E-state index contributed by atoms with van der Waals surface area (Å²) in [5.41, 5.74) is -0.0105. The molecule has 0 radical (unpaired) electrons. The summed E-state index contributed by atoms with van der Waals surface area (Å²) in [6.45, 7) is 0. The van der Waals surface area contributed by atoms with E-state index in [9.17, 15) is 5.11 Å². The number of hydrogen-bond acceptors (Lipinski definition) is 3. The predicted octanol–water partition coefficient (Wildman–Crippen LogP) is 3.29. The van der Waals surface area contributed by atoms with Crippen molar-refractivity contribution >= 4 is 27.3 Å². The molecule has 1 saturated carbocycles. The van der Waals surface area contributed by atoms with Crippen LogP contribution in [-0.4, -0.2) is 35.7 Å². The van der Waals surface area contributed by atoms with Crippen molar-refractivity contribution in [2.45, 2.75) is 43.7 Å². The zero-order valence-electron chi connectivity index (χ0n) is 10.4. The second-order valence-corrected chi connectivity index (χ2v) is 6.97. The van der Waals surface area contributed by atoms with Crippen LogP contribution in [0.2, 0.25) is 0 Å². The lowest BCUT2D eigenvalue weighted by Gasteiger charge is -2.40. The predicted molar refractivity (Wildman–Crippen MR) is 76.6 cm³/mol. The first-order valence-corrected chi connectivity index (χ1v) is 7.81. The first-order chi connectivity index (χ1) is 8.06. The maximum Gasteiger partial charge on any atom is 0.0772 e. The average molecular weight is 318 g/mol. The van der Waals surface area contributed by atoms with Gasteiger partial charge in [-0.1, -0.05) is 12.8 Å². The smallest absolute Gasteiger partial charge is 0.0772 e. The van der Waals surface area contributed by atoms with Gasteiger partial charge >= 0.3 is 0 Å². The molecule has 1 N–H and O–H groups in total. The van der Waals surface area contributed by atoms with Crippen molar-refractivity contribution in [1.29, 1.82) is 0 Å². The molecule has 0 spiro atoms. The van der Waals surface area contributed by atoms with Gasteiger partial charge in [-0.05, 0) is 54.3 Å². The van der Waals surface area contributed by atoms with E-state index in [0.29, 0.717) is 0 Å². The lowest BCUT2D eigenvalue weighted by Crippen LogP contribution is -2.52. The second kappa shape index (κ2) is 5.39. The molecule has 1 aromatic heterocycles. The topological polar surface area (TPSA) is 23.5 Å². The van der Waals surface area contributed by atoms with Crippen molar-refractivity contribution < 1.29 is 5.11 Å². The van der Waals surface area contributed by atoms with E-state index in [1.165, 1.54) is 17.7 Å². The van der Waals surface area contributed by atoms with Gasteiger partial charge in [0.05, 0.1) is 6.10 Å². The van der Waals surface area contributed by atoms with E-state index in [-0.39, 0.29) is 11.6 Å². The normalized spacial score (nSPS) is 21.0. The minimum absolute atomic E-state index is 0.0105. The first-order valence-electron chi connectivity index (χ1n) is 6.13. The molecular weight excluding hydrogens is 298 g/mol. The van der Waals surface area contributed by atoms with Crippen LogP contribution >= 0.6 is 27.3 Å². The van der Waals surface area contributed by atoms with Crippen molar-refractivity contribution in [2.75, 3.05) is 14.1 Å². The van der Waals surface area contributed by atoms with Gasteiger partial charge in [0.1, 0.15) is 0 Å². The fourth-order valence-corrected chi connectivity index (χ4v) is 4.45. The third-order valence-electron chi connectivity index (χ3n) is 4.05. The minimum Gasteiger partial charge on any atom is -0.391 e. The van der Waals surface area contributed by atoms with Gasteiger partial charge in [0.15, 0.2) is 0 Å². The number of thiophene rings is 1. The number of hydrogen-bond donors (Lipinski definition) is 1. The van der Waals surface area contributed by atoms with Gasteiger partial charge in [-0.15, -0.1) is 11.3 Å². The molecule has 1 unspecified atom stereocenters. The summed E-state index contributed by atoms with van der Waals surface area (Å²) < 4.78 is 1.13. The Balaban J connectivity index is 2.12. The molecule has 96 valence electrons. The molecule has 0 amide bonds. The molecule has 1 aliphatic carbocycles. The standard InChI is InChI=1S/C13H20BrNOS/c1-15(2)13(6-3-4-7-13)12(16)9-11-10(14)5-8-17-11/h5,8,12,16H,3-4,6-7,9H2,1-2H3. The Morgan fingerprint density at radius 2 is 2.12 bits per heavy atom. The van der Waals surface area contributed by atoms with Crippen LogP contribution in [-0.2, 0) is 6.42 Å². The molecule has 0 bridgehead atoms. The molecule has 0 aromatic carbocycles. The Kier molecular flexibility index (Phi) is 4.29. The van der Waals surface area contributed by atoms with Crippen LogP contribution in [0.5, 0.6) is 0 Å². The zero-order valence-corrected chi connectivity index (χ0v) is 12.9. The fraction of sp³-hybridized carbons (Fsp3) is 0.692. The van der Waals surface area contributed by atoms with Gasteiger partial charge in [0.2, 0.25) is 0 Å². The van der Waals surface area contributed by atoms with E-state index in [0.717, 1.165) is 23.7 Å². The Morgan fingerprint density at radius 1 is 1.47 bits per heavy atom. The van der Waals surface area contributed by atoms with Crippen molar-refractivity contribution in [1.82, 2.24) is 4.90 Å². The second-order valence-electron chi connectivity index (χ2n) is 5.12. The highest BCUT2D eigenvalue weighted by Gasteiger charge is 2.42. The largest absolute Gasteiger partial charge is 0.391 e. The van der Waals surface area contributed by atoms with Crippen LogP contribution in [0.15, 0.2) is 15.9 Å². The van der Waals surface area contributed by atoms with E-state index in [2.05, 4.69) is 46.4 Å². The summed E-state index contributed by atoms with van der Waals surface area (Å²) in [5.74, 6) is 0. The molecule has 4 heteroatoms. The lowest BCUT2D eigenvalue weighted by atomic mass is 9.87. The molecule has 17 heavy (non-hydrogen) atoms. The summed E-state index contributed by atoms with van der Waals surface area (Å²) in [5, 5.41) is 12.7. The SMILES string of the molecule is CN(C)C1(C(O)Cc2sccc2Br)CCCC1. The highest BCUT2D eigenvalue weighted by molar-refractivity contribution is 9.10. The van der Waals surface area contributed by atoms with Gasteiger partial charge < -0.3 is 10.0 Å². The van der Waals surface area contributed by atoms with Crippen molar-refractivity contribution in [3.05, 3.63) is 20.8 Å². The van der Waals surface area contributed by atoms with Gasteiger partial charge in [0, 0.05) is 21.3 Å². The molecule has 0 aliphatic heterocycles. The summed E-state index contributed by atoms with van der Waals surface area (Å²) in [4.78, 5) is 3.48. The minimum atomic E-state index is -0.269. The number of likely N-dealkylation sites (N-methyl/N-ethyl adjacent to an activating group) is 1. The third-order valence-corrected chi connectivity index (χ3v) is 6.00. The molecule has 1 heterocycles. The average Bonchev–Trinajstić information content (AvgIpc) is 2.89. The summed E-state index contributed by atoms with van der Waals surface area (Å²) in [7, 11) is 4.19.